The fourth-order valence-corrected chi connectivity index (χ4v) is 3.84. The Morgan fingerprint density at radius 1 is 0.800 bits per heavy atom. The Labute approximate surface area is 147 Å². The van der Waals surface area contributed by atoms with Gasteiger partial charge in [-0.1, -0.05) is 36.4 Å². The molecule has 5 nitrogen and oxygen atoms in total. The molecule has 5 heteroatoms. The van der Waals surface area contributed by atoms with Crippen molar-refractivity contribution in [3.05, 3.63) is 60.7 Å². The van der Waals surface area contributed by atoms with Gasteiger partial charge in [0.1, 0.15) is 0 Å². The van der Waals surface area contributed by atoms with Crippen LogP contribution in [0.25, 0.3) is 0 Å². The second-order valence-electron chi connectivity index (χ2n) is 6.64. The van der Waals surface area contributed by atoms with Crippen LogP contribution in [-0.4, -0.2) is 44.0 Å². The summed E-state index contributed by atoms with van der Waals surface area (Å²) < 4.78 is 0. The molecule has 2 aliphatic heterocycles. The van der Waals surface area contributed by atoms with E-state index < -0.39 is 0 Å². The fraction of sp³-hybridized carbons (Fsp3) is 0.300. The van der Waals surface area contributed by atoms with Gasteiger partial charge in [-0.25, -0.2) is 4.90 Å². The molecule has 0 aliphatic carbocycles. The summed E-state index contributed by atoms with van der Waals surface area (Å²) in [5.41, 5.74) is 1.91. The van der Waals surface area contributed by atoms with Crippen molar-refractivity contribution in [2.75, 3.05) is 36.0 Å². The van der Waals surface area contributed by atoms with Crippen molar-refractivity contribution < 1.29 is 14.5 Å². The second-order valence-corrected chi connectivity index (χ2v) is 6.64. The van der Waals surface area contributed by atoms with Crippen LogP contribution < -0.4 is 14.7 Å². The lowest BCUT2D eigenvalue weighted by Gasteiger charge is -2.35. The molecule has 2 aliphatic rings. The lowest BCUT2D eigenvalue weighted by molar-refractivity contribution is -0.915. The number of para-hydroxylation sites is 2. The summed E-state index contributed by atoms with van der Waals surface area (Å²) >= 11 is 0. The summed E-state index contributed by atoms with van der Waals surface area (Å²) in [7, 11) is 0. The second kappa shape index (κ2) is 6.69. The number of quaternary nitrogens is 1. The maximum atomic E-state index is 12.8. The van der Waals surface area contributed by atoms with E-state index in [2.05, 4.69) is 17.0 Å². The molecule has 0 spiro atoms. The minimum absolute atomic E-state index is 0.0561. The number of nitrogens with one attached hydrogen (secondary N) is 1. The van der Waals surface area contributed by atoms with Gasteiger partial charge < -0.3 is 9.80 Å². The lowest BCUT2D eigenvalue weighted by Crippen LogP contribution is -3.19. The first-order valence-electron chi connectivity index (χ1n) is 8.80. The molecular formula is C20H22N3O2+. The summed E-state index contributed by atoms with van der Waals surface area (Å²) in [6, 6.07) is 19.3. The minimum Gasteiger partial charge on any atom is -0.360 e. The van der Waals surface area contributed by atoms with E-state index in [1.165, 1.54) is 15.5 Å². The van der Waals surface area contributed by atoms with Gasteiger partial charge in [0, 0.05) is 5.69 Å². The highest BCUT2D eigenvalue weighted by atomic mass is 16.2. The van der Waals surface area contributed by atoms with Crippen LogP contribution in [0.3, 0.4) is 0 Å². The number of nitrogens with zero attached hydrogens (tertiary/aromatic N) is 2. The van der Waals surface area contributed by atoms with Gasteiger partial charge in [0.2, 0.25) is 5.91 Å². The van der Waals surface area contributed by atoms with E-state index >= 15 is 0 Å². The van der Waals surface area contributed by atoms with Gasteiger partial charge in [0.05, 0.1) is 38.3 Å². The smallest absolute Gasteiger partial charge is 0.292 e. The van der Waals surface area contributed by atoms with Crippen LogP contribution in [0.4, 0.5) is 11.4 Å². The van der Waals surface area contributed by atoms with Crippen LogP contribution in [0.5, 0.6) is 0 Å². The zero-order valence-electron chi connectivity index (χ0n) is 14.1. The van der Waals surface area contributed by atoms with E-state index in [4.69, 9.17) is 0 Å². The van der Waals surface area contributed by atoms with Gasteiger partial charge >= 0.3 is 0 Å². The zero-order valence-corrected chi connectivity index (χ0v) is 14.1. The van der Waals surface area contributed by atoms with Crippen molar-refractivity contribution in [2.24, 2.45) is 0 Å². The van der Waals surface area contributed by atoms with E-state index in [-0.39, 0.29) is 17.9 Å². The molecule has 1 N–H and O–H groups in total. The molecule has 2 fully saturated rings. The van der Waals surface area contributed by atoms with Crippen LogP contribution in [0.2, 0.25) is 0 Å². The number of anilines is 2. The molecule has 128 valence electrons. The summed E-state index contributed by atoms with van der Waals surface area (Å²) in [5, 5.41) is 0. The van der Waals surface area contributed by atoms with E-state index in [0.29, 0.717) is 12.1 Å². The number of piperazine rings is 1. The van der Waals surface area contributed by atoms with Crippen LogP contribution >= 0.6 is 0 Å². The minimum atomic E-state index is -0.245. The van der Waals surface area contributed by atoms with E-state index in [1.54, 1.807) is 0 Å². The topological polar surface area (TPSA) is 45.1 Å². The molecule has 2 heterocycles. The summed E-state index contributed by atoms with van der Waals surface area (Å²) in [6.07, 6.45) is 0.314. The number of amides is 2. The van der Waals surface area contributed by atoms with Crippen molar-refractivity contribution in [3.63, 3.8) is 0 Å². The zero-order chi connectivity index (χ0) is 17.2. The van der Waals surface area contributed by atoms with Gasteiger partial charge in [0.15, 0.2) is 6.04 Å². The molecule has 2 aromatic carbocycles. The molecule has 1 atom stereocenters. The van der Waals surface area contributed by atoms with Crippen molar-refractivity contribution in [2.45, 2.75) is 12.5 Å². The Morgan fingerprint density at radius 3 is 1.96 bits per heavy atom. The average Bonchev–Trinajstić information content (AvgIpc) is 2.97. The molecular weight excluding hydrogens is 314 g/mol. The number of rotatable bonds is 3. The molecule has 25 heavy (non-hydrogen) atoms. The summed E-state index contributed by atoms with van der Waals surface area (Å²) in [5.74, 6) is -0.140. The lowest BCUT2D eigenvalue weighted by atomic mass is 10.1. The van der Waals surface area contributed by atoms with Gasteiger partial charge in [-0.05, 0) is 24.3 Å². The van der Waals surface area contributed by atoms with E-state index in [0.717, 1.165) is 26.2 Å². The normalized spacial score (nSPS) is 21.8. The first kappa shape index (κ1) is 15.8. The van der Waals surface area contributed by atoms with Crippen LogP contribution in [0.1, 0.15) is 6.42 Å². The van der Waals surface area contributed by atoms with Gasteiger partial charge in [0.25, 0.3) is 5.91 Å². The van der Waals surface area contributed by atoms with E-state index in [1.807, 2.05) is 48.5 Å². The molecule has 2 saturated heterocycles. The molecule has 0 bridgehead atoms. The van der Waals surface area contributed by atoms with Gasteiger partial charge in [-0.3, -0.25) is 9.59 Å². The molecule has 0 saturated carbocycles. The number of benzene rings is 2. The predicted octanol–water partition coefficient (Wildman–Crippen LogP) is 0.724. The number of carbonyl (C=O) groups excluding carboxylic acids is 2. The fourth-order valence-electron chi connectivity index (χ4n) is 3.84. The monoisotopic (exact) mass is 336 g/mol. The number of hydrogen-bond acceptors (Lipinski definition) is 3. The SMILES string of the molecule is O=C1C[C@@H]([NH+]2CCN(c3ccccc3)CC2)C(=O)N1c1ccccc1. The van der Waals surface area contributed by atoms with Crippen molar-refractivity contribution in [1.29, 1.82) is 0 Å². The molecule has 4 rings (SSSR count). The van der Waals surface area contributed by atoms with Crippen LogP contribution in [-0.2, 0) is 9.59 Å². The van der Waals surface area contributed by atoms with Crippen LogP contribution in [0, 0.1) is 0 Å². The van der Waals surface area contributed by atoms with Crippen LogP contribution in [0.15, 0.2) is 60.7 Å². The first-order chi connectivity index (χ1) is 12.2. The average molecular weight is 336 g/mol. The van der Waals surface area contributed by atoms with E-state index in [9.17, 15) is 9.59 Å². The number of imide groups is 1. The molecule has 0 radical (unpaired) electrons. The third-order valence-electron chi connectivity index (χ3n) is 5.18. The molecule has 2 amide bonds. The highest BCUT2D eigenvalue weighted by Crippen LogP contribution is 2.21. The highest BCUT2D eigenvalue weighted by Gasteiger charge is 2.46. The summed E-state index contributed by atoms with van der Waals surface area (Å²) in [4.78, 5) is 30.2. The van der Waals surface area contributed by atoms with Gasteiger partial charge in [-0.15, -0.1) is 0 Å². The standard InChI is InChI=1S/C20H21N3O2/c24-19-15-18(20(25)23(19)17-9-5-2-6-10-17)22-13-11-21(12-14-22)16-7-3-1-4-8-16/h1-10,18H,11-15H2/p+1/t18-/m1/s1. The summed E-state index contributed by atoms with van der Waals surface area (Å²) in [6.45, 7) is 3.56. The Hall–Kier alpha value is -2.66. The highest BCUT2D eigenvalue weighted by molar-refractivity contribution is 6.21. The molecule has 2 aromatic rings. The Balaban J connectivity index is 1.44. The third-order valence-corrected chi connectivity index (χ3v) is 5.18. The predicted molar refractivity (Wildman–Crippen MR) is 96.7 cm³/mol. The van der Waals surface area contributed by atoms with Crippen molar-refractivity contribution in [3.8, 4) is 0 Å². The Bertz CT molecular complexity index is 755. The Kier molecular flexibility index (Phi) is 4.24. The third kappa shape index (κ3) is 3.03. The van der Waals surface area contributed by atoms with Gasteiger partial charge in [-0.2, -0.15) is 0 Å². The maximum absolute atomic E-state index is 12.8. The number of carbonyl (C=O) groups is 2. The van der Waals surface area contributed by atoms with Crippen molar-refractivity contribution in [1.82, 2.24) is 0 Å². The molecule has 0 aromatic heterocycles. The first-order valence-corrected chi connectivity index (χ1v) is 8.80. The Morgan fingerprint density at radius 2 is 1.36 bits per heavy atom. The largest absolute Gasteiger partial charge is 0.360 e. The quantitative estimate of drug-likeness (QED) is 0.841. The van der Waals surface area contributed by atoms with Crippen molar-refractivity contribution >= 4 is 23.2 Å². The number of hydrogen-bond donors (Lipinski definition) is 1. The molecule has 0 unspecified atom stereocenters. The maximum Gasteiger partial charge on any atom is 0.292 e.